The second-order valence-corrected chi connectivity index (χ2v) is 8.02. The van der Waals surface area contributed by atoms with Crippen LogP contribution in [0.15, 0.2) is 18.5 Å². The number of rotatable bonds is 8. The molecule has 0 spiro atoms. The number of anilines is 1. The fourth-order valence-electron chi connectivity index (χ4n) is 3.41. The molecular weight excluding hydrogens is 471 g/mol. The van der Waals surface area contributed by atoms with Crippen LogP contribution in [0.2, 0.25) is 5.15 Å². The Labute approximate surface area is 190 Å². The Morgan fingerprint density at radius 3 is 2.48 bits per heavy atom. The molecule has 1 aliphatic rings. The summed E-state index contributed by atoms with van der Waals surface area (Å²) in [5, 5.41) is 5.57. The highest BCUT2D eigenvalue weighted by Crippen LogP contribution is 2.39. The third kappa shape index (κ3) is 4.96. The normalized spacial score (nSPS) is 15.5. The van der Waals surface area contributed by atoms with Crippen LogP contribution in [-0.4, -0.2) is 62.9 Å². The van der Waals surface area contributed by atoms with Gasteiger partial charge in [0.25, 0.3) is 5.78 Å². The molecule has 1 aromatic carbocycles. The first-order valence-corrected chi connectivity index (χ1v) is 10.6. The van der Waals surface area contributed by atoms with Gasteiger partial charge in [-0.25, -0.2) is 8.78 Å². The van der Waals surface area contributed by atoms with Gasteiger partial charge in [-0.1, -0.05) is 11.6 Å². The topological polar surface area (TPSA) is 67.6 Å². The number of ether oxygens (including phenoxy) is 1. The van der Waals surface area contributed by atoms with E-state index in [1.54, 1.807) is 0 Å². The van der Waals surface area contributed by atoms with Crippen molar-refractivity contribution >= 4 is 23.2 Å². The number of nitrogens with one attached hydrogen (secondary N) is 1. The van der Waals surface area contributed by atoms with Crippen molar-refractivity contribution in [3.05, 3.63) is 35.2 Å². The van der Waals surface area contributed by atoms with E-state index in [1.165, 1.54) is 0 Å². The highest BCUT2D eigenvalue weighted by molar-refractivity contribution is 6.33. The fraction of sp³-hybridized carbons (Fsp3) is 0.450. The average molecular weight is 491 g/mol. The van der Waals surface area contributed by atoms with Crippen molar-refractivity contribution in [3.63, 3.8) is 0 Å². The molecule has 1 N–H and O–H groups in total. The standard InChI is InChI=1S/C20H20ClF5N6O/c1-11(20(24,25)26)29-18-16(17(21)30-19-27-10-28-32(18)19)15-13(22)8-12(9-14(15)23)33-7-3-6-31-4-2-5-31/h8-11,29H,2-7H2,1H3/t11-/m1/s1. The number of aromatic nitrogens is 4. The summed E-state index contributed by atoms with van der Waals surface area (Å²) in [4.78, 5) is 9.93. The van der Waals surface area contributed by atoms with Crippen molar-refractivity contribution in [1.82, 2.24) is 24.5 Å². The van der Waals surface area contributed by atoms with Crippen LogP contribution in [0.4, 0.5) is 27.8 Å². The molecule has 0 bridgehead atoms. The number of hydrogen-bond acceptors (Lipinski definition) is 6. The highest BCUT2D eigenvalue weighted by atomic mass is 35.5. The highest BCUT2D eigenvalue weighted by Gasteiger charge is 2.37. The molecule has 0 radical (unpaired) electrons. The maximum atomic E-state index is 15.0. The van der Waals surface area contributed by atoms with E-state index in [0.717, 1.165) is 56.0 Å². The van der Waals surface area contributed by atoms with Crippen LogP contribution in [0.25, 0.3) is 16.9 Å². The number of nitrogens with zero attached hydrogens (tertiary/aromatic N) is 5. The van der Waals surface area contributed by atoms with Crippen molar-refractivity contribution in [2.45, 2.75) is 32.0 Å². The summed E-state index contributed by atoms with van der Waals surface area (Å²) in [5.41, 5.74) is -1.07. The van der Waals surface area contributed by atoms with Crippen LogP contribution in [0.5, 0.6) is 5.75 Å². The van der Waals surface area contributed by atoms with E-state index in [2.05, 4.69) is 25.3 Å². The van der Waals surface area contributed by atoms with E-state index >= 15 is 8.78 Å². The molecule has 4 rings (SSSR count). The van der Waals surface area contributed by atoms with Gasteiger partial charge in [-0.2, -0.15) is 32.8 Å². The molecule has 13 heteroatoms. The number of halogens is 6. The molecule has 7 nitrogen and oxygen atoms in total. The van der Waals surface area contributed by atoms with Crippen molar-refractivity contribution in [1.29, 1.82) is 0 Å². The molecule has 3 aromatic rings. The lowest BCUT2D eigenvalue weighted by atomic mass is 10.1. The number of fused-ring (bicyclic) bond motifs is 1. The van der Waals surface area contributed by atoms with E-state index in [4.69, 9.17) is 16.3 Å². The van der Waals surface area contributed by atoms with Gasteiger partial charge in [0.15, 0.2) is 0 Å². The summed E-state index contributed by atoms with van der Waals surface area (Å²) in [5.74, 6) is -2.71. The first kappa shape index (κ1) is 23.4. The van der Waals surface area contributed by atoms with Gasteiger partial charge >= 0.3 is 6.18 Å². The minimum atomic E-state index is -4.65. The summed E-state index contributed by atoms with van der Waals surface area (Å²) in [6.45, 7) is 4.01. The smallest absolute Gasteiger partial charge is 0.408 e. The van der Waals surface area contributed by atoms with E-state index < -0.39 is 46.0 Å². The quantitative estimate of drug-likeness (QED) is 0.284. The Bertz CT molecular complexity index is 1130. The fourth-order valence-corrected chi connectivity index (χ4v) is 3.67. The van der Waals surface area contributed by atoms with E-state index in [-0.39, 0.29) is 18.1 Å². The van der Waals surface area contributed by atoms with E-state index in [9.17, 15) is 13.2 Å². The second-order valence-electron chi connectivity index (χ2n) is 7.66. The lowest BCUT2D eigenvalue weighted by Crippen LogP contribution is -2.38. The Morgan fingerprint density at radius 1 is 1.18 bits per heavy atom. The van der Waals surface area contributed by atoms with Gasteiger partial charge in [0.05, 0.1) is 17.7 Å². The van der Waals surface area contributed by atoms with Gasteiger partial charge in [0.2, 0.25) is 0 Å². The average Bonchev–Trinajstić information content (AvgIpc) is 3.15. The molecule has 33 heavy (non-hydrogen) atoms. The second kappa shape index (κ2) is 9.26. The predicted molar refractivity (Wildman–Crippen MR) is 111 cm³/mol. The van der Waals surface area contributed by atoms with Gasteiger partial charge in [-0.05, 0) is 32.9 Å². The number of hydrogen-bond donors (Lipinski definition) is 1. The van der Waals surface area contributed by atoms with Gasteiger partial charge in [0, 0.05) is 18.7 Å². The molecule has 1 saturated heterocycles. The molecule has 2 aromatic heterocycles. The molecule has 3 heterocycles. The molecular formula is C20H20ClF5N6O. The lowest BCUT2D eigenvalue weighted by molar-refractivity contribution is -0.138. The molecule has 0 saturated carbocycles. The third-order valence-corrected chi connectivity index (χ3v) is 5.60. The number of likely N-dealkylation sites (tertiary alicyclic amines) is 1. The van der Waals surface area contributed by atoms with Crippen molar-refractivity contribution in [2.75, 3.05) is 31.6 Å². The molecule has 1 fully saturated rings. The van der Waals surface area contributed by atoms with E-state index in [1.807, 2.05) is 0 Å². The maximum Gasteiger partial charge on any atom is 0.408 e. The largest absolute Gasteiger partial charge is 0.493 e. The Kier molecular flexibility index (Phi) is 6.57. The minimum absolute atomic E-state index is 0.0403. The summed E-state index contributed by atoms with van der Waals surface area (Å²) in [6, 6.07) is -0.163. The Morgan fingerprint density at radius 2 is 1.88 bits per heavy atom. The Hall–Kier alpha value is -2.73. The van der Waals surface area contributed by atoms with Crippen LogP contribution in [0.3, 0.4) is 0 Å². The summed E-state index contributed by atoms with van der Waals surface area (Å²) >= 11 is 6.15. The van der Waals surface area contributed by atoms with Crippen molar-refractivity contribution in [2.24, 2.45) is 0 Å². The van der Waals surface area contributed by atoms with Gasteiger partial charge in [0.1, 0.15) is 40.7 Å². The summed E-state index contributed by atoms with van der Waals surface area (Å²) in [7, 11) is 0. The molecule has 1 aliphatic heterocycles. The molecule has 0 aliphatic carbocycles. The van der Waals surface area contributed by atoms with Crippen molar-refractivity contribution in [3.8, 4) is 16.9 Å². The first-order chi connectivity index (χ1) is 15.6. The summed E-state index contributed by atoms with van der Waals surface area (Å²) < 4.78 is 76.1. The van der Waals surface area contributed by atoms with E-state index in [0.29, 0.717) is 6.42 Å². The molecule has 1 atom stereocenters. The van der Waals surface area contributed by atoms with Crippen LogP contribution >= 0.6 is 11.6 Å². The number of benzene rings is 1. The maximum absolute atomic E-state index is 15.0. The Balaban J connectivity index is 1.67. The van der Waals surface area contributed by atoms with Crippen LogP contribution in [-0.2, 0) is 0 Å². The third-order valence-electron chi connectivity index (χ3n) is 5.33. The van der Waals surface area contributed by atoms with Gasteiger partial charge in [-0.3, -0.25) is 0 Å². The van der Waals surface area contributed by atoms with Gasteiger partial charge < -0.3 is 15.0 Å². The molecule has 178 valence electrons. The van der Waals surface area contributed by atoms with Crippen LogP contribution in [0, 0.1) is 11.6 Å². The number of alkyl halides is 3. The zero-order valence-electron chi connectivity index (χ0n) is 17.5. The first-order valence-electron chi connectivity index (χ1n) is 10.2. The lowest BCUT2D eigenvalue weighted by Gasteiger charge is -2.30. The molecule has 0 unspecified atom stereocenters. The summed E-state index contributed by atoms with van der Waals surface area (Å²) in [6.07, 6.45) is -1.76. The zero-order valence-corrected chi connectivity index (χ0v) is 18.2. The monoisotopic (exact) mass is 490 g/mol. The molecule has 0 amide bonds. The predicted octanol–water partition coefficient (Wildman–Crippen LogP) is 4.56. The minimum Gasteiger partial charge on any atom is -0.493 e. The van der Waals surface area contributed by atoms with Crippen LogP contribution < -0.4 is 10.1 Å². The zero-order chi connectivity index (χ0) is 23.8. The van der Waals surface area contributed by atoms with Crippen LogP contribution in [0.1, 0.15) is 19.8 Å². The van der Waals surface area contributed by atoms with Gasteiger partial charge in [-0.15, -0.1) is 0 Å². The van der Waals surface area contributed by atoms with Crippen molar-refractivity contribution < 1.29 is 26.7 Å². The SMILES string of the molecule is C[C@@H](Nc1c(-c2c(F)cc(OCCCN3CCC3)cc2F)c(Cl)nc2ncnn12)C(F)(F)F.